The van der Waals surface area contributed by atoms with Crippen LogP contribution in [-0.4, -0.2) is 43.1 Å². The highest BCUT2D eigenvalue weighted by atomic mass is 16.5. The molecule has 3 aromatic heterocycles. The fraction of sp³-hybridized carbons (Fsp3) is 0.137. The van der Waals surface area contributed by atoms with Gasteiger partial charge in [0.25, 0.3) is 11.8 Å². The first-order chi connectivity index (χ1) is 28.0. The summed E-state index contributed by atoms with van der Waals surface area (Å²) in [5.74, 6) is 0.112. The van der Waals surface area contributed by atoms with Gasteiger partial charge in [0.15, 0.2) is 0 Å². The van der Waals surface area contributed by atoms with E-state index >= 15 is 9.59 Å². The molecular weight excluding hydrogens is 717 g/mol. The second-order valence-corrected chi connectivity index (χ2v) is 16.6. The average molecular weight is 757 g/mol. The van der Waals surface area contributed by atoms with E-state index in [1.54, 1.807) is 7.11 Å². The largest absolute Gasteiger partial charge is 0.497 e. The number of aryl methyl sites for hydroxylation is 2. The summed E-state index contributed by atoms with van der Waals surface area (Å²) < 4.78 is 12.6. The molecule has 4 heterocycles. The van der Waals surface area contributed by atoms with E-state index in [9.17, 15) is 0 Å². The van der Waals surface area contributed by atoms with Crippen LogP contribution in [0.15, 0.2) is 133 Å². The van der Waals surface area contributed by atoms with Crippen molar-refractivity contribution in [1.29, 1.82) is 0 Å². The number of methoxy groups -OCH3 is 1. The van der Waals surface area contributed by atoms with Crippen molar-refractivity contribution in [3.8, 4) is 22.8 Å². The molecule has 0 unspecified atom stereocenters. The minimum atomic E-state index is -0.784. The third-order valence-corrected chi connectivity index (χ3v) is 12.0. The highest BCUT2D eigenvalue weighted by Crippen LogP contribution is 2.47. The first kappa shape index (κ1) is 34.2. The molecule has 7 aromatic carbocycles. The number of ether oxygens (including phenoxy) is 1. The predicted octanol–water partition coefficient (Wildman–Crippen LogP) is 12.0. The molecule has 0 atom stereocenters. The van der Waals surface area contributed by atoms with Crippen LogP contribution in [0.5, 0.6) is 5.75 Å². The SMILES string of the molecule is COc1ccc2c(c1)c1ccccc1n2-c1c2c(cc(-n3c4ccccc4c4cc(C)ccc43)c1-n1c3ccccc3c3cc(C)ccc31)C(=O)N(C(C)(C)C)C2=O. The van der Waals surface area contributed by atoms with E-state index in [-0.39, 0.29) is 11.8 Å². The van der Waals surface area contributed by atoms with Gasteiger partial charge in [-0.3, -0.25) is 14.5 Å². The van der Waals surface area contributed by atoms with Crippen molar-refractivity contribution in [1.82, 2.24) is 18.6 Å². The van der Waals surface area contributed by atoms with Gasteiger partial charge >= 0.3 is 0 Å². The topological polar surface area (TPSA) is 61.4 Å². The van der Waals surface area contributed by atoms with Crippen LogP contribution in [0.1, 0.15) is 52.6 Å². The zero-order valence-corrected chi connectivity index (χ0v) is 33.2. The standard InChI is InChI=1S/C51H40N4O3/c1-29-19-22-42-35(25-29)32-13-7-10-16-39(32)52(42)45-28-38-46(50(57)55(49(38)56)51(3,4)5)48(54-41-18-12-9-15-34(41)37-27-31(58-6)21-24-44(37)54)47(45)53-40-17-11-8-14-33(40)36-26-30(2)20-23-43(36)53/h7-28H,1-6H3. The maximum Gasteiger partial charge on any atom is 0.264 e. The second-order valence-electron chi connectivity index (χ2n) is 16.6. The number of carbonyl (C=O) groups excluding carboxylic acids is 2. The fourth-order valence-corrected chi connectivity index (χ4v) is 9.57. The Morgan fingerprint density at radius 1 is 0.466 bits per heavy atom. The molecule has 0 N–H and O–H groups in total. The minimum Gasteiger partial charge on any atom is -0.497 e. The molecule has 10 aromatic rings. The molecule has 2 amide bonds. The lowest BCUT2D eigenvalue weighted by molar-refractivity contribution is 0.0508. The molecule has 7 nitrogen and oxygen atoms in total. The van der Waals surface area contributed by atoms with Gasteiger partial charge in [-0.15, -0.1) is 0 Å². The molecule has 0 radical (unpaired) electrons. The molecule has 58 heavy (non-hydrogen) atoms. The monoisotopic (exact) mass is 756 g/mol. The average Bonchev–Trinajstić information content (AvgIpc) is 3.91. The summed E-state index contributed by atoms with van der Waals surface area (Å²) in [5, 5.41) is 6.42. The molecule has 282 valence electrons. The molecular formula is C51H40N4O3. The van der Waals surface area contributed by atoms with Gasteiger partial charge in [0.05, 0.1) is 68.4 Å². The van der Waals surface area contributed by atoms with Gasteiger partial charge in [-0.2, -0.15) is 0 Å². The van der Waals surface area contributed by atoms with Crippen LogP contribution in [-0.2, 0) is 0 Å². The molecule has 1 aliphatic heterocycles. The second kappa shape index (κ2) is 11.9. The van der Waals surface area contributed by atoms with Crippen LogP contribution < -0.4 is 4.74 Å². The Kier molecular flexibility index (Phi) is 7.03. The maximum absolute atomic E-state index is 15.4. The molecule has 0 fully saturated rings. The Hall–Kier alpha value is -7.12. The minimum absolute atomic E-state index is 0.307. The van der Waals surface area contributed by atoms with E-state index in [1.807, 2.05) is 45.0 Å². The molecule has 11 rings (SSSR count). The van der Waals surface area contributed by atoms with E-state index in [2.05, 4.69) is 137 Å². The number of hydrogen-bond donors (Lipinski definition) is 0. The number of para-hydroxylation sites is 3. The number of aromatic nitrogens is 3. The number of amides is 2. The summed E-state index contributed by atoms with van der Waals surface area (Å²) in [4.78, 5) is 31.8. The Balaban J connectivity index is 1.45. The van der Waals surface area contributed by atoms with Crippen molar-refractivity contribution in [2.75, 3.05) is 7.11 Å². The summed E-state index contributed by atoms with van der Waals surface area (Å²) >= 11 is 0. The lowest BCUT2D eigenvalue weighted by atomic mass is 10.0. The number of nitrogens with zero attached hydrogens (tertiary/aromatic N) is 4. The van der Waals surface area contributed by atoms with E-state index in [0.29, 0.717) is 16.8 Å². The van der Waals surface area contributed by atoms with Crippen molar-refractivity contribution >= 4 is 77.2 Å². The Bertz CT molecular complexity index is 3440. The number of imide groups is 1. The lowest BCUT2D eigenvalue weighted by Crippen LogP contribution is -2.45. The summed E-state index contributed by atoms with van der Waals surface area (Å²) in [7, 11) is 1.68. The summed E-state index contributed by atoms with van der Waals surface area (Å²) in [6.45, 7) is 10.0. The molecule has 0 saturated carbocycles. The number of carbonyl (C=O) groups is 2. The van der Waals surface area contributed by atoms with Crippen molar-refractivity contribution in [3.63, 3.8) is 0 Å². The third kappa shape index (κ3) is 4.55. The van der Waals surface area contributed by atoms with Gasteiger partial charge in [-0.25, -0.2) is 0 Å². The summed E-state index contributed by atoms with van der Waals surface area (Å²) in [5.41, 5.74) is 10.3. The normalized spacial score (nSPS) is 13.4. The molecule has 0 spiro atoms. The van der Waals surface area contributed by atoms with Crippen LogP contribution in [0.3, 0.4) is 0 Å². The molecule has 0 bridgehead atoms. The number of fused-ring (bicyclic) bond motifs is 10. The van der Waals surface area contributed by atoms with Gasteiger partial charge in [0, 0.05) is 37.9 Å². The lowest BCUT2D eigenvalue weighted by Gasteiger charge is -2.29. The van der Waals surface area contributed by atoms with Crippen LogP contribution in [0, 0.1) is 13.8 Å². The van der Waals surface area contributed by atoms with E-state index < -0.39 is 5.54 Å². The highest BCUT2D eigenvalue weighted by Gasteiger charge is 2.46. The van der Waals surface area contributed by atoms with Crippen LogP contribution in [0.2, 0.25) is 0 Å². The van der Waals surface area contributed by atoms with Gasteiger partial charge in [0.2, 0.25) is 0 Å². The Morgan fingerprint density at radius 3 is 1.45 bits per heavy atom. The molecule has 0 saturated heterocycles. The van der Waals surface area contributed by atoms with Gasteiger partial charge in [0.1, 0.15) is 5.75 Å². The zero-order valence-electron chi connectivity index (χ0n) is 33.2. The third-order valence-electron chi connectivity index (χ3n) is 12.0. The number of benzene rings is 7. The molecule has 0 aliphatic carbocycles. The van der Waals surface area contributed by atoms with Crippen molar-refractivity contribution in [2.24, 2.45) is 0 Å². The fourth-order valence-electron chi connectivity index (χ4n) is 9.57. The van der Waals surface area contributed by atoms with Crippen LogP contribution in [0.4, 0.5) is 0 Å². The van der Waals surface area contributed by atoms with E-state index in [0.717, 1.165) is 93.7 Å². The number of rotatable bonds is 4. The Morgan fingerprint density at radius 2 is 0.914 bits per heavy atom. The van der Waals surface area contributed by atoms with Gasteiger partial charge in [-0.05, 0) is 101 Å². The predicted molar refractivity (Wildman–Crippen MR) is 236 cm³/mol. The quantitative estimate of drug-likeness (QED) is 0.168. The molecule has 1 aliphatic rings. The molecule has 7 heteroatoms. The van der Waals surface area contributed by atoms with Crippen LogP contribution >= 0.6 is 0 Å². The first-order valence-corrected chi connectivity index (χ1v) is 19.7. The van der Waals surface area contributed by atoms with Crippen LogP contribution in [0.25, 0.3) is 82.5 Å². The summed E-state index contributed by atoms with van der Waals surface area (Å²) in [6.07, 6.45) is 0. The van der Waals surface area contributed by atoms with E-state index in [4.69, 9.17) is 4.74 Å². The van der Waals surface area contributed by atoms with Crippen molar-refractivity contribution in [3.05, 3.63) is 156 Å². The zero-order chi connectivity index (χ0) is 39.8. The smallest absolute Gasteiger partial charge is 0.264 e. The van der Waals surface area contributed by atoms with Gasteiger partial charge < -0.3 is 18.4 Å². The van der Waals surface area contributed by atoms with Crippen molar-refractivity contribution < 1.29 is 14.3 Å². The van der Waals surface area contributed by atoms with E-state index in [1.165, 1.54) is 4.90 Å². The summed E-state index contributed by atoms with van der Waals surface area (Å²) in [6, 6.07) is 46.5. The highest BCUT2D eigenvalue weighted by molar-refractivity contribution is 6.26. The van der Waals surface area contributed by atoms with Crippen molar-refractivity contribution in [2.45, 2.75) is 40.2 Å². The first-order valence-electron chi connectivity index (χ1n) is 19.7. The maximum atomic E-state index is 15.4. The number of hydrogen-bond acceptors (Lipinski definition) is 3. The Labute approximate surface area is 334 Å². The van der Waals surface area contributed by atoms with Gasteiger partial charge in [-0.1, -0.05) is 77.9 Å².